The van der Waals surface area contributed by atoms with Crippen LogP contribution in [-0.4, -0.2) is 24.2 Å². The second kappa shape index (κ2) is 14.3. The molecule has 4 nitrogen and oxygen atoms in total. The minimum Gasteiger partial charge on any atom is -0.482 e. The Morgan fingerprint density at radius 2 is 1.38 bits per heavy atom. The summed E-state index contributed by atoms with van der Waals surface area (Å²) in [5.41, 5.74) is 0.582. The summed E-state index contributed by atoms with van der Waals surface area (Å²) in [6, 6.07) is 15.6. The predicted molar refractivity (Wildman–Crippen MR) is 157 cm³/mol. The highest BCUT2D eigenvalue weighted by atomic mass is 32.2. The highest BCUT2D eigenvalue weighted by molar-refractivity contribution is 7.99. The van der Waals surface area contributed by atoms with E-state index in [1.54, 1.807) is 32.0 Å². The lowest BCUT2D eigenvalue weighted by Gasteiger charge is -2.11. The van der Waals surface area contributed by atoms with E-state index in [0.717, 1.165) is 34.7 Å². The van der Waals surface area contributed by atoms with Gasteiger partial charge in [-0.2, -0.15) is 26.3 Å². The first-order chi connectivity index (χ1) is 21.3. The number of pyridine rings is 1. The first kappa shape index (κ1) is 33.0. The number of alkyl halides is 6. The molecule has 1 aromatic heterocycles. The summed E-state index contributed by atoms with van der Waals surface area (Å²) in [6.07, 6.45) is -7.46. The Balaban J connectivity index is 1.68. The van der Waals surface area contributed by atoms with Crippen LogP contribution in [0.25, 0.3) is 0 Å². The highest BCUT2D eigenvalue weighted by Gasteiger charge is 2.30. The Morgan fingerprint density at radius 3 is 1.91 bits per heavy atom. The number of carbonyl (C=O) groups is 1. The van der Waals surface area contributed by atoms with Crippen LogP contribution in [0.4, 0.5) is 26.3 Å². The van der Waals surface area contributed by atoms with Crippen molar-refractivity contribution < 1.29 is 40.6 Å². The van der Waals surface area contributed by atoms with Crippen LogP contribution in [0.2, 0.25) is 0 Å². The molecule has 0 atom stereocenters. The van der Waals surface area contributed by atoms with Gasteiger partial charge in [0.2, 0.25) is 0 Å². The van der Waals surface area contributed by atoms with Gasteiger partial charge in [0.15, 0.2) is 6.61 Å². The molecule has 0 saturated heterocycles. The molecule has 4 rings (SSSR count). The summed E-state index contributed by atoms with van der Waals surface area (Å²) >= 11 is 1.25. The molecule has 0 fully saturated rings. The Hall–Kier alpha value is -4.87. The van der Waals surface area contributed by atoms with E-state index in [-0.39, 0.29) is 13.2 Å². The van der Waals surface area contributed by atoms with Crippen molar-refractivity contribution in [2.24, 2.45) is 0 Å². The van der Waals surface area contributed by atoms with Crippen LogP contribution in [0.5, 0.6) is 5.75 Å². The van der Waals surface area contributed by atoms with Crippen molar-refractivity contribution in [3.8, 4) is 29.4 Å². The van der Waals surface area contributed by atoms with Gasteiger partial charge in [0, 0.05) is 27.8 Å². The number of rotatable bonds is 6. The predicted octanol–water partition coefficient (Wildman–Crippen LogP) is 8.32. The quantitative estimate of drug-likeness (QED) is 0.121. The number of aromatic nitrogens is 1. The topological polar surface area (TPSA) is 48.4 Å². The van der Waals surface area contributed by atoms with Crippen LogP contribution in [0.15, 0.2) is 88.9 Å². The van der Waals surface area contributed by atoms with Crippen molar-refractivity contribution in [1.29, 1.82) is 0 Å². The molecule has 4 aromatic rings. The van der Waals surface area contributed by atoms with Gasteiger partial charge < -0.3 is 9.47 Å². The maximum absolute atomic E-state index is 13.0. The third-order valence-corrected chi connectivity index (χ3v) is 7.02. The third-order valence-electron chi connectivity index (χ3n) is 6.03. The molecule has 0 radical (unpaired) electrons. The molecule has 0 bridgehead atoms. The molecule has 0 aliphatic heterocycles. The van der Waals surface area contributed by atoms with E-state index in [0.29, 0.717) is 33.0 Å². The van der Waals surface area contributed by atoms with Gasteiger partial charge in [0.1, 0.15) is 10.8 Å². The van der Waals surface area contributed by atoms with Gasteiger partial charge >= 0.3 is 18.3 Å². The number of ether oxygens (including phenoxy) is 2. The lowest BCUT2D eigenvalue weighted by Crippen LogP contribution is -2.14. The minimum absolute atomic E-state index is 0.238. The van der Waals surface area contributed by atoms with E-state index in [2.05, 4.69) is 28.7 Å². The summed E-state index contributed by atoms with van der Waals surface area (Å²) < 4.78 is 88.3. The smallest absolute Gasteiger partial charge is 0.416 e. The normalized spacial score (nSPS) is 11.1. The summed E-state index contributed by atoms with van der Waals surface area (Å²) in [5.74, 6) is 11.6. The van der Waals surface area contributed by atoms with E-state index in [9.17, 15) is 31.1 Å². The zero-order valence-electron chi connectivity index (χ0n) is 23.8. The molecule has 230 valence electrons. The second-order valence-electron chi connectivity index (χ2n) is 9.31. The fourth-order valence-corrected chi connectivity index (χ4v) is 4.77. The lowest BCUT2D eigenvalue weighted by atomic mass is 10.1. The SMILES string of the molecule is CCOC(=O)COc1ccc(Sc2nccc(C#Cc3ccc(C(F)(F)F)cc3)c2C#Cc2ccc(C(F)(F)F)cc2)cc1C. The number of nitrogens with zero attached hydrogens (tertiary/aromatic N) is 1. The number of halogens is 6. The van der Waals surface area contributed by atoms with Crippen LogP contribution in [-0.2, 0) is 21.9 Å². The zero-order chi connectivity index (χ0) is 32.6. The first-order valence-corrected chi connectivity index (χ1v) is 14.1. The van der Waals surface area contributed by atoms with Crippen molar-refractivity contribution >= 4 is 17.7 Å². The van der Waals surface area contributed by atoms with E-state index >= 15 is 0 Å². The van der Waals surface area contributed by atoms with E-state index in [4.69, 9.17) is 9.47 Å². The molecule has 1 heterocycles. The molecule has 0 saturated carbocycles. The number of esters is 1. The molecular weight excluding hydrogens is 616 g/mol. The Kier molecular flexibility index (Phi) is 10.5. The molecule has 11 heteroatoms. The van der Waals surface area contributed by atoms with Crippen molar-refractivity contribution in [3.63, 3.8) is 0 Å². The Labute approximate surface area is 259 Å². The van der Waals surface area contributed by atoms with E-state index in [1.165, 1.54) is 42.2 Å². The van der Waals surface area contributed by atoms with Crippen molar-refractivity contribution in [2.75, 3.05) is 13.2 Å². The van der Waals surface area contributed by atoms with Gasteiger partial charge in [0.25, 0.3) is 0 Å². The number of aryl methyl sites for hydroxylation is 1. The molecule has 0 aliphatic carbocycles. The Morgan fingerprint density at radius 1 is 0.800 bits per heavy atom. The maximum Gasteiger partial charge on any atom is 0.416 e. The molecule has 0 amide bonds. The van der Waals surface area contributed by atoms with Crippen molar-refractivity contribution in [1.82, 2.24) is 4.98 Å². The fraction of sp³-hybridized carbons (Fsp3) is 0.176. The minimum atomic E-state index is -4.49. The monoisotopic (exact) mass is 639 g/mol. The first-order valence-electron chi connectivity index (χ1n) is 13.3. The summed E-state index contributed by atoms with van der Waals surface area (Å²) in [7, 11) is 0. The van der Waals surface area contributed by atoms with Crippen LogP contribution in [0.3, 0.4) is 0 Å². The van der Waals surface area contributed by atoms with Gasteiger partial charge in [-0.1, -0.05) is 35.4 Å². The summed E-state index contributed by atoms with van der Waals surface area (Å²) in [4.78, 5) is 16.8. The molecule has 3 aromatic carbocycles. The fourth-order valence-electron chi connectivity index (χ4n) is 3.80. The largest absolute Gasteiger partial charge is 0.482 e. The number of carbonyl (C=O) groups excluding carboxylic acids is 1. The lowest BCUT2D eigenvalue weighted by molar-refractivity contribution is -0.145. The van der Waals surface area contributed by atoms with E-state index < -0.39 is 29.4 Å². The van der Waals surface area contributed by atoms with Crippen LogP contribution >= 0.6 is 11.8 Å². The second-order valence-corrected chi connectivity index (χ2v) is 10.4. The molecule has 0 unspecified atom stereocenters. The van der Waals surface area contributed by atoms with Gasteiger partial charge in [0.05, 0.1) is 23.3 Å². The van der Waals surface area contributed by atoms with Crippen LogP contribution < -0.4 is 4.74 Å². The summed E-state index contributed by atoms with van der Waals surface area (Å²) in [6.45, 7) is 3.49. The number of hydrogen-bond acceptors (Lipinski definition) is 5. The molecule has 0 N–H and O–H groups in total. The zero-order valence-corrected chi connectivity index (χ0v) is 24.6. The average molecular weight is 640 g/mol. The third kappa shape index (κ3) is 9.31. The van der Waals surface area contributed by atoms with E-state index in [1.807, 2.05) is 6.07 Å². The van der Waals surface area contributed by atoms with Crippen LogP contribution in [0, 0.1) is 30.6 Å². The number of benzene rings is 3. The highest BCUT2D eigenvalue weighted by Crippen LogP contribution is 2.33. The number of hydrogen-bond donors (Lipinski definition) is 0. The van der Waals surface area contributed by atoms with Crippen molar-refractivity contribution in [2.45, 2.75) is 36.1 Å². The molecule has 45 heavy (non-hydrogen) atoms. The van der Waals surface area contributed by atoms with Crippen LogP contribution in [0.1, 0.15) is 45.9 Å². The van der Waals surface area contributed by atoms with Crippen molar-refractivity contribution in [3.05, 3.63) is 118 Å². The van der Waals surface area contributed by atoms with Gasteiger partial charge in [-0.3, -0.25) is 0 Å². The maximum atomic E-state index is 13.0. The summed E-state index contributed by atoms with van der Waals surface area (Å²) in [5, 5.41) is 0.438. The molecule has 0 spiro atoms. The average Bonchev–Trinajstić information content (AvgIpc) is 2.99. The molecule has 0 aliphatic rings. The molecular formula is C34H23F6NO3S. The Bertz CT molecular complexity index is 1790. The van der Waals surface area contributed by atoms with Gasteiger partial charge in [-0.15, -0.1) is 0 Å². The van der Waals surface area contributed by atoms with Gasteiger partial charge in [-0.25, -0.2) is 9.78 Å². The standard InChI is InChI=1S/C34H23F6NO3S/c1-3-43-31(42)21-44-30-17-15-28(20-22(30)2)45-32-29(16-9-24-7-13-27(14-8-24)34(38,39)40)25(18-19-41-32)10-4-23-5-11-26(12-6-23)33(35,36)37/h5-8,11-15,17-20H,3,21H2,1-2H3. The van der Waals surface area contributed by atoms with Gasteiger partial charge in [-0.05, 0) is 92.2 Å².